The van der Waals surface area contributed by atoms with E-state index >= 15 is 0 Å². The monoisotopic (exact) mass is 400 g/mol. The van der Waals surface area contributed by atoms with Gasteiger partial charge in [0.25, 0.3) is 11.8 Å². The first kappa shape index (κ1) is 22.7. The highest BCUT2D eigenvalue weighted by Gasteiger charge is 2.41. The van der Waals surface area contributed by atoms with Gasteiger partial charge < -0.3 is 4.74 Å². The van der Waals surface area contributed by atoms with E-state index in [1.54, 1.807) is 32.9 Å². The van der Waals surface area contributed by atoms with Crippen LogP contribution < -0.4 is 10.1 Å². The van der Waals surface area contributed by atoms with Crippen LogP contribution in [-0.4, -0.2) is 34.9 Å². The number of nitrogens with one attached hydrogen (secondary N) is 1. The second kappa shape index (κ2) is 10.2. The molecule has 158 valence electrons. The van der Waals surface area contributed by atoms with Crippen LogP contribution in [0.1, 0.15) is 71.8 Å². The second-order valence-corrected chi connectivity index (χ2v) is 8.31. The van der Waals surface area contributed by atoms with Crippen molar-refractivity contribution in [1.29, 1.82) is 0 Å². The van der Waals surface area contributed by atoms with Gasteiger partial charge in [-0.1, -0.05) is 51.2 Å². The average Bonchev–Trinajstić information content (AvgIpc) is 2.64. The van der Waals surface area contributed by atoms with Gasteiger partial charge in [0.15, 0.2) is 0 Å². The number of barbiturate groups is 1. The Bertz CT molecular complexity index is 760. The predicted molar refractivity (Wildman–Crippen MR) is 113 cm³/mol. The number of benzene rings is 1. The number of amides is 4. The maximum Gasteiger partial charge on any atom is 0.331 e. The minimum Gasteiger partial charge on any atom is -0.494 e. The molecule has 1 fully saturated rings. The summed E-state index contributed by atoms with van der Waals surface area (Å²) in [5, 5.41) is 2.23. The Labute approximate surface area is 173 Å². The Balaban J connectivity index is 1.97. The molecule has 6 nitrogen and oxygen atoms in total. The first-order valence-corrected chi connectivity index (χ1v) is 10.4. The summed E-state index contributed by atoms with van der Waals surface area (Å²) in [6.07, 6.45) is 8.76. The summed E-state index contributed by atoms with van der Waals surface area (Å²) in [6, 6.07) is 6.54. The third kappa shape index (κ3) is 6.44. The van der Waals surface area contributed by atoms with Crippen LogP contribution in [0.15, 0.2) is 29.8 Å². The Hall–Kier alpha value is -2.63. The molecular weight excluding hydrogens is 368 g/mol. The van der Waals surface area contributed by atoms with Crippen molar-refractivity contribution < 1.29 is 19.1 Å². The standard InChI is InChI=1S/C23H32N2O4/c1-5-6-7-8-9-10-15-29-18-13-11-17(12-14-18)16-19-20(26)24-22(28)25(21(19)27)23(2,3)4/h11-14,16H,5-10,15H2,1-4H3,(H,24,26,28)/b19-16+. The summed E-state index contributed by atoms with van der Waals surface area (Å²) in [4.78, 5) is 37.9. The topological polar surface area (TPSA) is 75.7 Å². The molecule has 1 N–H and O–H groups in total. The summed E-state index contributed by atoms with van der Waals surface area (Å²) in [5.74, 6) is -0.509. The van der Waals surface area contributed by atoms with E-state index in [9.17, 15) is 14.4 Å². The van der Waals surface area contributed by atoms with E-state index in [0.29, 0.717) is 12.2 Å². The van der Waals surface area contributed by atoms with Crippen LogP contribution >= 0.6 is 0 Å². The molecule has 2 rings (SSSR count). The predicted octanol–water partition coefficient (Wildman–Crippen LogP) is 4.69. The molecule has 4 amide bonds. The first-order valence-electron chi connectivity index (χ1n) is 10.4. The van der Waals surface area contributed by atoms with Gasteiger partial charge in [0.2, 0.25) is 0 Å². The Kier molecular flexibility index (Phi) is 8.00. The highest BCUT2D eigenvalue weighted by atomic mass is 16.5. The number of unbranched alkanes of at least 4 members (excludes halogenated alkanes) is 5. The molecule has 0 saturated carbocycles. The molecule has 0 aliphatic carbocycles. The molecule has 0 bridgehead atoms. The first-order chi connectivity index (χ1) is 13.7. The molecular formula is C23H32N2O4. The normalized spacial score (nSPS) is 16.3. The molecule has 0 aromatic heterocycles. The van der Waals surface area contributed by atoms with Gasteiger partial charge in [-0.3, -0.25) is 19.8 Å². The van der Waals surface area contributed by atoms with Gasteiger partial charge in [-0.15, -0.1) is 0 Å². The maximum atomic E-state index is 12.7. The molecule has 1 aliphatic rings. The lowest BCUT2D eigenvalue weighted by molar-refractivity contribution is -0.133. The van der Waals surface area contributed by atoms with Crippen molar-refractivity contribution in [3.63, 3.8) is 0 Å². The van der Waals surface area contributed by atoms with Crippen LogP contribution in [0.5, 0.6) is 5.75 Å². The van der Waals surface area contributed by atoms with Crippen LogP contribution in [0.2, 0.25) is 0 Å². The quantitative estimate of drug-likeness (QED) is 0.371. The molecule has 1 aromatic carbocycles. The van der Waals surface area contributed by atoms with Gasteiger partial charge in [-0.2, -0.15) is 0 Å². The van der Waals surface area contributed by atoms with E-state index in [-0.39, 0.29) is 5.57 Å². The molecule has 0 radical (unpaired) electrons. The zero-order valence-electron chi connectivity index (χ0n) is 17.9. The highest BCUT2D eigenvalue weighted by Crippen LogP contribution is 2.23. The lowest BCUT2D eigenvalue weighted by Gasteiger charge is -2.36. The molecule has 0 spiro atoms. The van der Waals surface area contributed by atoms with Crippen molar-refractivity contribution in [2.24, 2.45) is 0 Å². The van der Waals surface area contributed by atoms with Crippen LogP contribution in [0.25, 0.3) is 6.08 Å². The minimum absolute atomic E-state index is 0.0553. The van der Waals surface area contributed by atoms with Gasteiger partial charge in [0.1, 0.15) is 11.3 Å². The Morgan fingerprint density at radius 1 is 0.966 bits per heavy atom. The number of hydrogen-bond acceptors (Lipinski definition) is 4. The lowest BCUT2D eigenvalue weighted by Crippen LogP contribution is -2.60. The van der Waals surface area contributed by atoms with Crippen LogP contribution in [0, 0.1) is 0 Å². The largest absolute Gasteiger partial charge is 0.494 e. The molecule has 1 aliphatic heterocycles. The fourth-order valence-electron chi connectivity index (χ4n) is 3.17. The van der Waals surface area contributed by atoms with Crippen LogP contribution in [0.3, 0.4) is 0 Å². The maximum absolute atomic E-state index is 12.7. The van der Waals surface area contributed by atoms with Crippen molar-refractivity contribution in [2.45, 2.75) is 71.8 Å². The molecule has 0 unspecified atom stereocenters. The summed E-state index contributed by atoms with van der Waals surface area (Å²) >= 11 is 0. The number of rotatable bonds is 9. The van der Waals surface area contributed by atoms with Crippen molar-refractivity contribution in [2.75, 3.05) is 6.61 Å². The third-order valence-electron chi connectivity index (χ3n) is 4.73. The van der Waals surface area contributed by atoms with E-state index in [1.165, 1.54) is 38.2 Å². The zero-order chi connectivity index (χ0) is 21.4. The van der Waals surface area contributed by atoms with Gasteiger partial charge >= 0.3 is 6.03 Å². The lowest BCUT2D eigenvalue weighted by atomic mass is 10.0. The Morgan fingerprint density at radius 3 is 2.21 bits per heavy atom. The van der Waals surface area contributed by atoms with E-state index in [4.69, 9.17) is 4.74 Å². The zero-order valence-corrected chi connectivity index (χ0v) is 17.9. The number of hydrogen-bond donors (Lipinski definition) is 1. The second-order valence-electron chi connectivity index (χ2n) is 8.31. The molecule has 1 saturated heterocycles. The van der Waals surface area contributed by atoms with Crippen LogP contribution in [0.4, 0.5) is 4.79 Å². The third-order valence-corrected chi connectivity index (χ3v) is 4.73. The number of nitrogens with zero attached hydrogens (tertiary/aromatic N) is 1. The SMILES string of the molecule is CCCCCCCCOc1ccc(/C=C2\C(=O)NC(=O)N(C(C)(C)C)C2=O)cc1. The van der Waals surface area contributed by atoms with Crippen molar-refractivity contribution >= 4 is 23.9 Å². The number of urea groups is 1. The summed E-state index contributed by atoms with van der Waals surface area (Å²) in [7, 11) is 0. The summed E-state index contributed by atoms with van der Waals surface area (Å²) in [5.41, 5.74) is -0.0891. The van der Waals surface area contributed by atoms with E-state index in [1.807, 2.05) is 12.1 Å². The highest BCUT2D eigenvalue weighted by molar-refractivity contribution is 6.31. The molecule has 1 aromatic rings. The van der Waals surface area contributed by atoms with E-state index < -0.39 is 23.4 Å². The van der Waals surface area contributed by atoms with Crippen molar-refractivity contribution in [1.82, 2.24) is 10.2 Å². The van der Waals surface area contributed by atoms with E-state index in [0.717, 1.165) is 17.1 Å². The summed E-state index contributed by atoms with van der Waals surface area (Å²) < 4.78 is 5.76. The smallest absolute Gasteiger partial charge is 0.331 e. The van der Waals surface area contributed by atoms with E-state index in [2.05, 4.69) is 12.2 Å². The number of imide groups is 2. The molecule has 6 heteroatoms. The van der Waals surface area contributed by atoms with Gasteiger partial charge in [0, 0.05) is 5.54 Å². The molecule has 29 heavy (non-hydrogen) atoms. The number of carbonyl (C=O) groups excluding carboxylic acids is 3. The molecule has 1 heterocycles. The van der Waals surface area contributed by atoms with Gasteiger partial charge in [-0.05, 0) is 51.0 Å². The number of carbonyl (C=O) groups is 3. The van der Waals surface area contributed by atoms with Crippen molar-refractivity contribution in [3.05, 3.63) is 35.4 Å². The summed E-state index contributed by atoms with van der Waals surface area (Å²) in [6.45, 7) is 8.12. The average molecular weight is 401 g/mol. The minimum atomic E-state index is -0.727. The van der Waals surface area contributed by atoms with Gasteiger partial charge in [-0.25, -0.2) is 4.79 Å². The fraction of sp³-hybridized carbons (Fsp3) is 0.522. The van der Waals surface area contributed by atoms with Crippen molar-refractivity contribution in [3.8, 4) is 5.75 Å². The molecule has 0 atom stereocenters. The van der Waals surface area contributed by atoms with Crippen LogP contribution in [-0.2, 0) is 9.59 Å². The fourth-order valence-corrected chi connectivity index (χ4v) is 3.17. The van der Waals surface area contributed by atoms with Gasteiger partial charge in [0.05, 0.1) is 6.61 Å². The number of ether oxygens (including phenoxy) is 1. The Morgan fingerprint density at radius 2 is 1.59 bits per heavy atom.